The van der Waals surface area contributed by atoms with Gasteiger partial charge in [-0.2, -0.15) is 13.2 Å². The summed E-state index contributed by atoms with van der Waals surface area (Å²) in [4.78, 5) is 24.4. The molecular formula is C15H15F3N4O3. The molecule has 0 fully saturated rings. The Bertz CT molecular complexity index is 753. The molecule has 0 aliphatic carbocycles. The number of alkyl halides is 3. The van der Waals surface area contributed by atoms with Crippen molar-refractivity contribution in [3.63, 3.8) is 0 Å². The monoisotopic (exact) mass is 356 g/mol. The van der Waals surface area contributed by atoms with Crippen molar-refractivity contribution in [1.29, 1.82) is 0 Å². The highest BCUT2D eigenvalue weighted by Crippen LogP contribution is 2.39. The lowest BCUT2D eigenvalue weighted by Gasteiger charge is -2.24. The highest BCUT2D eigenvalue weighted by Gasteiger charge is 2.38. The Hall–Kier alpha value is -2.91. The van der Waals surface area contributed by atoms with Crippen molar-refractivity contribution < 1.29 is 27.4 Å². The predicted molar refractivity (Wildman–Crippen MR) is 79.8 cm³/mol. The molecule has 0 spiro atoms. The summed E-state index contributed by atoms with van der Waals surface area (Å²) in [6.07, 6.45) is -2.56. The van der Waals surface area contributed by atoms with Gasteiger partial charge in [0.1, 0.15) is 6.33 Å². The van der Waals surface area contributed by atoms with Crippen LogP contribution in [0.4, 0.5) is 18.0 Å². The van der Waals surface area contributed by atoms with Crippen LogP contribution in [0, 0.1) is 0 Å². The largest absolute Gasteiger partial charge is 0.481 e. The van der Waals surface area contributed by atoms with Gasteiger partial charge in [-0.25, -0.2) is 14.8 Å². The highest BCUT2D eigenvalue weighted by molar-refractivity contribution is 5.67. The van der Waals surface area contributed by atoms with E-state index in [-0.39, 0.29) is 17.0 Å². The summed E-state index contributed by atoms with van der Waals surface area (Å²) < 4.78 is 50.4. The topological polar surface area (TPSA) is 77.4 Å². The van der Waals surface area contributed by atoms with Crippen LogP contribution < -0.4 is 4.74 Å². The van der Waals surface area contributed by atoms with Crippen LogP contribution in [0.1, 0.15) is 22.8 Å². The molecule has 1 amide bonds. The number of halogens is 3. The molecule has 1 unspecified atom stereocenters. The lowest BCUT2D eigenvalue weighted by Crippen LogP contribution is -2.26. The molecule has 1 atom stereocenters. The first kappa shape index (κ1) is 18.4. The van der Waals surface area contributed by atoms with Crippen LogP contribution in [0.25, 0.3) is 0 Å². The zero-order valence-electron chi connectivity index (χ0n) is 13.6. The van der Waals surface area contributed by atoms with Gasteiger partial charge in [-0.05, 0) is 6.07 Å². The third-order valence-electron chi connectivity index (χ3n) is 3.20. The maximum Gasteiger partial charge on any atom is 0.416 e. The molecule has 0 aromatic carbocycles. The highest BCUT2D eigenvalue weighted by atomic mass is 19.4. The van der Waals surface area contributed by atoms with Gasteiger partial charge in [-0.1, -0.05) is 0 Å². The van der Waals surface area contributed by atoms with Gasteiger partial charge in [-0.15, -0.1) is 0 Å². The van der Waals surface area contributed by atoms with Gasteiger partial charge in [-0.3, -0.25) is 4.98 Å². The summed E-state index contributed by atoms with van der Waals surface area (Å²) in [5, 5.41) is 0. The maximum absolute atomic E-state index is 13.4. The number of methoxy groups -OCH3 is 1. The van der Waals surface area contributed by atoms with Crippen molar-refractivity contribution in [2.24, 2.45) is 0 Å². The Balaban J connectivity index is 2.63. The molecule has 0 saturated carbocycles. The van der Waals surface area contributed by atoms with Crippen LogP contribution >= 0.6 is 0 Å². The van der Waals surface area contributed by atoms with Crippen LogP contribution in [-0.2, 0) is 10.9 Å². The number of carbonyl (C=O) groups is 1. The standard InChI is InChI=1S/C15H15F3N4O3/c1-22(2)14(23)25-12(10-7-20-8-21-13(10)24-3)9-6-19-5-4-11(9)15(16,17)18/h4-8,12H,1-3H3. The third kappa shape index (κ3) is 4.14. The third-order valence-corrected chi connectivity index (χ3v) is 3.20. The number of pyridine rings is 1. The van der Waals surface area contributed by atoms with Crippen LogP contribution in [-0.4, -0.2) is 47.2 Å². The minimum atomic E-state index is -4.66. The van der Waals surface area contributed by atoms with Crippen molar-refractivity contribution >= 4 is 6.09 Å². The average Bonchev–Trinajstić information content (AvgIpc) is 2.58. The number of hydrogen-bond acceptors (Lipinski definition) is 6. The smallest absolute Gasteiger partial charge is 0.416 e. The number of hydrogen-bond donors (Lipinski definition) is 0. The zero-order valence-corrected chi connectivity index (χ0v) is 13.6. The van der Waals surface area contributed by atoms with Crippen molar-refractivity contribution in [2.45, 2.75) is 12.3 Å². The molecule has 0 radical (unpaired) electrons. The van der Waals surface area contributed by atoms with E-state index >= 15 is 0 Å². The summed E-state index contributed by atoms with van der Waals surface area (Å²) in [6, 6.07) is 0.808. The summed E-state index contributed by atoms with van der Waals surface area (Å²) >= 11 is 0. The van der Waals surface area contributed by atoms with E-state index < -0.39 is 23.9 Å². The Morgan fingerprint density at radius 2 is 1.88 bits per heavy atom. The van der Waals surface area contributed by atoms with Crippen molar-refractivity contribution in [3.8, 4) is 5.88 Å². The molecule has 0 N–H and O–H groups in total. The average molecular weight is 356 g/mol. The van der Waals surface area contributed by atoms with Gasteiger partial charge >= 0.3 is 12.3 Å². The molecule has 2 heterocycles. The number of rotatable bonds is 4. The molecule has 7 nitrogen and oxygen atoms in total. The molecule has 10 heteroatoms. The van der Waals surface area contributed by atoms with E-state index in [1.165, 1.54) is 33.7 Å². The Labute approximate surface area is 141 Å². The molecule has 2 aromatic rings. The minimum Gasteiger partial charge on any atom is -0.481 e. The molecular weight excluding hydrogens is 341 g/mol. The second-order valence-electron chi connectivity index (χ2n) is 5.11. The van der Waals surface area contributed by atoms with E-state index in [2.05, 4.69) is 15.0 Å². The first-order chi connectivity index (χ1) is 11.8. The van der Waals surface area contributed by atoms with Crippen LogP contribution in [0.5, 0.6) is 5.88 Å². The number of nitrogens with zero attached hydrogens (tertiary/aromatic N) is 4. The van der Waals surface area contributed by atoms with E-state index in [1.54, 1.807) is 0 Å². The first-order valence-corrected chi connectivity index (χ1v) is 6.98. The van der Waals surface area contributed by atoms with E-state index in [4.69, 9.17) is 9.47 Å². The second-order valence-corrected chi connectivity index (χ2v) is 5.11. The lowest BCUT2D eigenvalue weighted by molar-refractivity contribution is -0.139. The maximum atomic E-state index is 13.4. The minimum absolute atomic E-state index is 0.0106. The Morgan fingerprint density at radius 1 is 1.20 bits per heavy atom. The van der Waals surface area contributed by atoms with Gasteiger partial charge < -0.3 is 14.4 Å². The molecule has 25 heavy (non-hydrogen) atoms. The fourth-order valence-corrected chi connectivity index (χ4v) is 2.05. The van der Waals surface area contributed by atoms with E-state index in [0.717, 1.165) is 23.4 Å². The van der Waals surface area contributed by atoms with Gasteiger partial charge in [0.15, 0.2) is 6.10 Å². The normalized spacial score (nSPS) is 12.4. The van der Waals surface area contributed by atoms with Gasteiger partial charge in [0.2, 0.25) is 5.88 Å². The van der Waals surface area contributed by atoms with Gasteiger partial charge in [0, 0.05) is 38.2 Å². The molecule has 0 saturated heterocycles. The number of ether oxygens (including phenoxy) is 2. The molecule has 0 aliphatic rings. The molecule has 0 bridgehead atoms. The van der Waals surface area contributed by atoms with E-state index in [1.807, 2.05) is 0 Å². The summed E-state index contributed by atoms with van der Waals surface area (Å²) in [6.45, 7) is 0. The van der Waals surface area contributed by atoms with E-state index in [0.29, 0.717) is 0 Å². The van der Waals surface area contributed by atoms with Gasteiger partial charge in [0.05, 0.1) is 18.2 Å². The van der Waals surface area contributed by atoms with Crippen molar-refractivity contribution in [1.82, 2.24) is 19.9 Å². The van der Waals surface area contributed by atoms with Crippen LogP contribution in [0.2, 0.25) is 0 Å². The zero-order chi connectivity index (χ0) is 18.6. The SMILES string of the molecule is COc1ncncc1C(OC(=O)N(C)C)c1cnccc1C(F)(F)F. The van der Waals surface area contributed by atoms with Crippen molar-refractivity contribution in [3.05, 3.63) is 47.7 Å². The van der Waals surface area contributed by atoms with E-state index in [9.17, 15) is 18.0 Å². The quantitative estimate of drug-likeness (QED) is 0.838. The summed E-state index contributed by atoms with van der Waals surface area (Å²) in [5.74, 6) is -0.0106. The summed E-state index contributed by atoms with van der Waals surface area (Å²) in [5.41, 5.74) is -1.26. The number of carbonyl (C=O) groups excluding carboxylic acids is 1. The van der Waals surface area contributed by atoms with Crippen LogP contribution in [0.15, 0.2) is 31.0 Å². The number of aromatic nitrogens is 3. The molecule has 2 rings (SSSR count). The van der Waals surface area contributed by atoms with Gasteiger partial charge in [0.25, 0.3) is 0 Å². The fourth-order valence-electron chi connectivity index (χ4n) is 2.05. The first-order valence-electron chi connectivity index (χ1n) is 6.98. The molecule has 0 aliphatic heterocycles. The van der Waals surface area contributed by atoms with Crippen LogP contribution in [0.3, 0.4) is 0 Å². The molecule has 134 valence electrons. The lowest BCUT2D eigenvalue weighted by atomic mass is 10.00. The fraction of sp³-hybridized carbons (Fsp3) is 0.333. The number of amides is 1. The second kappa shape index (κ2) is 7.32. The predicted octanol–water partition coefficient (Wildman–Crippen LogP) is 2.69. The molecule has 2 aromatic heterocycles. The van der Waals surface area contributed by atoms with Crippen molar-refractivity contribution in [2.75, 3.05) is 21.2 Å². The Kier molecular flexibility index (Phi) is 5.40. The Morgan fingerprint density at radius 3 is 2.48 bits per heavy atom. The summed E-state index contributed by atoms with van der Waals surface area (Å²) in [7, 11) is 4.11.